The SMILES string of the molecule is COCCOCCOCCOCCOc1cccc(-c2nc(-c3ccc(-c4nnc(-c5ccccc5)c(-c5cccc(OCCOCCOCCOCCOC)c5)n4)cc3)nnc2-c2ccccc2)c1. The fourth-order valence-electron chi connectivity index (χ4n) is 6.92. The first-order chi connectivity index (χ1) is 34.7. The molecular weight excluding hydrogens is 893 g/mol. The number of benzene rings is 5. The maximum Gasteiger partial charge on any atom is 0.182 e. The van der Waals surface area contributed by atoms with Crippen LogP contribution in [-0.2, 0) is 37.9 Å². The van der Waals surface area contributed by atoms with Gasteiger partial charge in [-0.15, -0.1) is 20.4 Å². The zero-order valence-corrected chi connectivity index (χ0v) is 39.8. The van der Waals surface area contributed by atoms with Crippen molar-refractivity contribution in [2.45, 2.75) is 0 Å². The molecule has 0 fully saturated rings. The molecule has 0 spiro atoms. The van der Waals surface area contributed by atoms with Crippen LogP contribution in [0.25, 0.3) is 67.8 Å². The second kappa shape index (κ2) is 29.4. The summed E-state index contributed by atoms with van der Waals surface area (Å²) in [6.07, 6.45) is 0. The van der Waals surface area contributed by atoms with E-state index in [4.69, 9.17) is 67.5 Å². The van der Waals surface area contributed by atoms with Crippen molar-refractivity contribution in [3.05, 3.63) is 133 Å². The highest BCUT2D eigenvalue weighted by atomic mass is 16.6. The van der Waals surface area contributed by atoms with Crippen LogP contribution in [0.4, 0.5) is 0 Å². The smallest absolute Gasteiger partial charge is 0.182 e. The van der Waals surface area contributed by atoms with Gasteiger partial charge >= 0.3 is 0 Å². The van der Waals surface area contributed by atoms with Crippen molar-refractivity contribution in [1.29, 1.82) is 0 Å². The van der Waals surface area contributed by atoms with E-state index in [1.165, 1.54) is 0 Å². The first-order valence-electron chi connectivity index (χ1n) is 23.3. The molecule has 7 aromatic rings. The number of hydrogen-bond acceptors (Lipinski definition) is 16. The average molecular weight is 953 g/mol. The molecule has 0 saturated carbocycles. The predicted molar refractivity (Wildman–Crippen MR) is 265 cm³/mol. The summed E-state index contributed by atoms with van der Waals surface area (Å²) in [4.78, 5) is 10.2. The Morgan fingerprint density at radius 3 is 0.971 bits per heavy atom. The Morgan fingerprint density at radius 2 is 0.614 bits per heavy atom. The van der Waals surface area contributed by atoms with Gasteiger partial charge in [-0.1, -0.05) is 109 Å². The molecule has 0 amide bonds. The van der Waals surface area contributed by atoms with Gasteiger partial charge in [-0.05, 0) is 24.3 Å². The molecule has 7 rings (SSSR count). The standard InChI is InChI=1S/C54H60N6O10/c1-61-23-25-63-27-29-65-31-33-67-35-37-69-47-17-9-15-45(39-47)49-51(41-11-5-3-6-12-41)57-59-53(55-49)43-19-21-44(22-20-43)54-56-50(52(58-60-54)42-13-7-4-8-14-42)46-16-10-18-48(40-46)70-38-36-68-34-32-66-30-28-64-26-24-62-2/h3-22,39-40H,23-38H2,1-2H3. The fraction of sp³-hybridized carbons (Fsp3) is 0.333. The molecule has 0 saturated heterocycles. The Hall–Kier alpha value is -6.60. The number of ether oxygens (including phenoxy) is 10. The van der Waals surface area contributed by atoms with Crippen LogP contribution in [0.1, 0.15) is 0 Å². The summed E-state index contributed by atoms with van der Waals surface area (Å²) in [7, 11) is 3.29. The quantitative estimate of drug-likeness (QED) is 0.0370. The van der Waals surface area contributed by atoms with Gasteiger partial charge in [0.05, 0.1) is 92.5 Å². The number of rotatable bonds is 32. The molecule has 0 aliphatic carbocycles. The molecule has 16 heteroatoms. The van der Waals surface area contributed by atoms with Gasteiger partial charge in [0, 0.05) is 47.6 Å². The molecule has 2 aromatic heterocycles. The second-order valence-corrected chi connectivity index (χ2v) is 15.4. The van der Waals surface area contributed by atoms with E-state index in [1.54, 1.807) is 14.2 Å². The van der Waals surface area contributed by atoms with Crippen LogP contribution < -0.4 is 9.47 Å². The Morgan fingerprint density at radius 1 is 0.286 bits per heavy atom. The van der Waals surface area contributed by atoms with E-state index < -0.39 is 0 Å². The molecule has 16 nitrogen and oxygen atoms in total. The summed E-state index contributed by atoms with van der Waals surface area (Å²) in [6, 6.07) is 43.1. The van der Waals surface area contributed by atoms with Crippen LogP contribution in [0.15, 0.2) is 133 Å². The third-order valence-electron chi connectivity index (χ3n) is 10.4. The molecule has 0 unspecified atom stereocenters. The van der Waals surface area contributed by atoms with E-state index in [2.05, 4.69) is 10.2 Å². The van der Waals surface area contributed by atoms with Gasteiger partial charge in [0.15, 0.2) is 11.6 Å². The van der Waals surface area contributed by atoms with Crippen molar-refractivity contribution < 1.29 is 47.4 Å². The Kier molecular flexibility index (Phi) is 21.6. The molecule has 0 atom stereocenters. The number of hydrogen-bond donors (Lipinski definition) is 0. The zero-order valence-electron chi connectivity index (χ0n) is 39.8. The van der Waals surface area contributed by atoms with Crippen LogP contribution in [0.3, 0.4) is 0 Å². The minimum atomic E-state index is 0.368. The normalized spacial score (nSPS) is 11.2. The van der Waals surface area contributed by atoms with Gasteiger partial charge in [0.1, 0.15) is 47.5 Å². The lowest BCUT2D eigenvalue weighted by Gasteiger charge is -2.13. The van der Waals surface area contributed by atoms with Crippen LogP contribution in [0.5, 0.6) is 11.5 Å². The number of aromatic nitrogens is 6. The summed E-state index contributed by atoms with van der Waals surface area (Å²) in [6.45, 7) is 7.68. The zero-order chi connectivity index (χ0) is 48.3. The molecular formula is C54H60N6O10. The molecule has 0 N–H and O–H groups in total. The molecule has 0 aliphatic heterocycles. The van der Waals surface area contributed by atoms with Crippen LogP contribution in [-0.4, -0.2) is 150 Å². The van der Waals surface area contributed by atoms with Gasteiger partial charge in [-0.3, -0.25) is 0 Å². The third-order valence-corrected chi connectivity index (χ3v) is 10.4. The monoisotopic (exact) mass is 952 g/mol. The summed E-state index contributed by atoms with van der Waals surface area (Å²) in [5.74, 6) is 2.27. The Labute approximate surface area is 409 Å². The summed E-state index contributed by atoms with van der Waals surface area (Å²) >= 11 is 0. The van der Waals surface area contributed by atoms with Gasteiger partial charge in [-0.2, -0.15) is 0 Å². The lowest BCUT2D eigenvalue weighted by atomic mass is 10.0. The van der Waals surface area contributed by atoms with Gasteiger partial charge in [0.25, 0.3) is 0 Å². The summed E-state index contributed by atoms with van der Waals surface area (Å²) in [5, 5.41) is 18.7. The van der Waals surface area contributed by atoms with Crippen LogP contribution >= 0.6 is 0 Å². The topological polar surface area (TPSA) is 170 Å². The van der Waals surface area contributed by atoms with E-state index in [0.29, 0.717) is 152 Å². The molecule has 0 radical (unpaired) electrons. The molecule has 5 aromatic carbocycles. The Balaban J connectivity index is 1.01. The van der Waals surface area contributed by atoms with Gasteiger partial charge < -0.3 is 47.4 Å². The highest BCUT2D eigenvalue weighted by molar-refractivity contribution is 5.81. The lowest BCUT2D eigenvalue weighted by Crippen LogP contribution is -2.13. The average Bonchev–Trinajstić information content (AvgIpc) is 3.42. The number of nitrogens with zero attached hydrogens (tertiary/aromatic N) is 6. The van der Waals surface area contributed by atoms with Crippen molar-refractivity contribution >= 4 is 0 Å². The predicted octanol–water partition coefficient (Wildman–Crippen LogP) is 8.21. The first-order valence-corrected chi connectivity index (χ1v) is 23.3. The second-order valence-electron chi connectivity index (χ2n) is 15.4. The van der Waals surface area contributed by atoms with E-state index >= 15 is 0 Å². The highest BCUT2D eigenvalue weighted by Crippen LogP contribution is 2.34. The number of methoxy groups -OCH3 is 2. The van der Waals surface area contributed by atoms with Crippen molar-refractivity contribution in [2.24, 2.45) is 0 Å². The van der Waals surface area contributed by atoms with Crippen LogP contribution in [0.2, 0.25) is 0 Å². The molecule has 2 heterocycles. The minimum absolute atomic E-state index is 0.368. The summed E-state index contributed by atoms with van der Waals surface area (Å²) in [5.41, 5.74) is 7.61. The van der Waals surface area contributed by atoms with Crippen molar-refractivity contribution in [3.8, 4) is 79.3 Å². The highest BCUT2D eigenvalue weighted by Gasteiger charge is 2.18. The van der Waals surface area contributed by atoms with Crippen molar-refractivity contribution in [3.63, 3.8) is 0 Å². The van der Waals surface area contributed by atoms with E-state index in [9.17, 15) is 0 Å². The third kappa shape index (κ3) is 16.3. The molecule has 0 aliphatic rings. The largest absolute Gasteiger partial charge is 0.491 e. The lowest BCUT2D eigenvalue weighted by molar-refractivity contribution is 0.000165. The Bertz CT molecular complexity index is 2400. The molecule has 366 valence electrons. The van der Waals surface area contributed by atoms with Crippen LogP contribution in [0, 0.1) is 0 Å². The van der Waals surface area contributed by atoms with E-state index in [-0.39, 0.29) is 0 Å². The maximum atomic E-state index is 6.09. The van der Waals surface area contributed by atoms with E-state index in [1.807, 2.05) is 133 Å². The maximum absolute atomic E-state index is 6.09. The van der Waals surface area contributed by atoms with E-state index in [0.717, 1.165) is 33.4 Å². The summed E-state index contributed by atoms with van der Waals surface area (Å²) < 4.78 is 55.5. The van der Waals surface area contributed by atoms with Crippen molar-refractivity contribution in [1.82, 2.24) is 30.4 Å². The van der Waals surface area contributed by atoms with Gasteiger partial charge in [0.2, 0.25) is 0 Å². The minimum Gasteiger partial charge on any atom is -0.491 e. The fourth-order valence-corrected chi connectivity index (χ4v) is 6.92. The van der Waals surface area contributed by atoms with Gasteiger partial charge in [-0.25, -0.2) is 9.97 Å². The first kappa shape index (κ1) is 51.3. The molecule has 70 heavy (non-hydrogen) atoms. The van der Waals surface area contributed by atoms with Crippen molar-refractivity contribution in [2.75, 3.05) is 120 Å². The molecule has 0 bridgehead atoms.